The topological polar surface area (TPSA) is 127 Å². The van der Waals surface area contributed by atoms with Gasteiger partial charge in [-0.3, -0.25) is 14.6 Å². The molecule has 2 aromatic heterocycles. The van der Waals surface area contributed by atoms with E-state index in [-0.39, 0.29) is 56.7 Å². The number of rotatable bonds is 9. The number of aromatic hydroxyl groups is 1. The Hall–Kier alpha value is -6.05. The van der Waals surface area contributed by atoms with E-state index in [0.717, 1.165) is 38.8 Å². The molecule has 2 aliphatic heterocycles. The number of phenolic OH excluding ortho intramolecular Hbond substituents is 1. The Labute approximate surface area is 320 Å². The number of nitrogens with zero attached hydrogens (tertiary/aromatic N) is 7. The predicted molar refractivity (Wildman–Crippen MR) is 206 cm³/mol. The molecule has 2 atom stereocenters. The van der Waals surface area contributed by atoms with Crippen LogP contribution in [0.1, 0.15) is 22.3 Å². The molecule has 4 aromatic carbocycles. The molecule has 0 radical (unpaired) electrons. The number of para-hydroxylation sites is 1. The molecule has 2 aliphatic rings. The van der Waals surface area contributed by atoms with Crippen molar-refractivity contribution in [3.63, 3.8) is 0 Å². The maximum atomic E-state index is 14.6. The zero-order chi connectivity index (χ0) is 37.2. The van der Waals surface area contributed by atoms with E-state index in [4.69, 9.17) is 0 Å². The molecule has 12 nitrogen and oxygen atoms in total. The second-order valence-corrected chi connectivity index (χ2v) is 14.1. The molecule has 13 heteroatoms. The van der Waals surface area contributed by atoms with Gasteiger partial charge in [-0.25, -0.2) is 19.5 Å². The number of nitrogens with one attached hydrogen (secondary N) is 1. The van der Waals surface area contributed by atoms with Gasteiger partial charge in [0.15, 0.2) is 0 Å². The third-order valence-electron chi connectivity index (χ3n) is 9.92. The molecule has 4 heterocycles. The highest BCUT2D eigenvalue weighted by molar-refractivity contribution is 9.10. The van der Waals surface area contributed by atoms with Crippen molar-refractivity contribution >= 4 is 44.7 Å². The zero-order valence-corrected chi connectivity index (χ0v) is 30.8. The van der Waals surface area contributed by atoms with Crippen LogP contribution in [0.15, 0.2) is 132 Å². The van der Waals surface area contributed by atoms with Crippen LogP contribution in [0.2, 0.25) is 0 Å². The molecule has 0 bridgehead atoms. The zero-order valence-electron chi connectivity index (χ0n) is 29.2. The number of pyridine rings is 1. The van der Waals surface area contributed by atoms with Gasteiger partial charge in [0.2, 0.25) is 11.8 Å². The van der Waals surface area contributed by atoms with Crippen LogP contribution in [0.25, 0.3) is 16.6 Å². The standard InChI is InChI=1S/C41H37BrN8O4/c42-39-31(23-45-49(39)32-12-5-2-6-13-32)25-47-27-38(52)48-36(21-28-16-18-33(51)19-17-28)40(53)46(24-30-11-7-15-35-34(30)14-8-20-43-35)26-37(48)50(47)41(54)44-22-29-9-3-1-4-10-29/h1-20,23,36-37,51H,21-22,24-27H2,(H,44,54)/t36-,37-/m0/s1. The number of hydrazine groups is 1. The van der Waals surface area contributed by atoms with Crippen molar-refractivity contribution in [2.45, 2.75) is 38.3 Å². The van der Waals surface area contributed by atoms with Crippen LogP contribution in [0.4, 0.5) is 4.79 Å². The maximum Gasteiger partial charge on any atom is 0.334 e. The van der Waals surface area contributed by atoms with E-state index < -0.39 is 18.2 Å². The summed E-state index contributed by atoms with van der Waals surface area (Å²) in [6.07, 6.45) is 2.83. The molecule has 2 N–H and O–H groups in total. The SMILES string of the molecule is O=C1[C@H](Cc2ccc(O)cc2)N2C(=O)CN(Cc3cnn(-c4ccccc4)c3Br)N(C(=O)NCc3ccccc3)[C@H]2CN1Cc1cccc2ncccc12. The molecule has 2 saturated heterocycles. The van der Waals surface area contributed by atoms with E-state index in [1.807, 2.05) is 91.0 Å². The minimum absolute atomic E-state index is 0.0764. The second-order valence-electron chi connectivity index (χ2n) is 13.4. The first-order valence-corrected chi connectivity index (χ1v) is 18.5. The van der Waals surface area contributed by atoms with Crippen molar-refractivity contribution < 1.29 is 19.5 Å². The third kappa shape index (κ3) is 7.03. The Morgan fingerprint density at radius 3 is 2.37 bits per heavy atom. The normalized spacial score (nSPS) is 17.5. The summed E-state index contributed by atoms with van der Waals surface area (Å²) < 4.78 is 2.46. The van der Waals surface area contributed by atoms with E-state index in [1.165, 1.54) is 0 Å². The highest BCUT2D eigenvalue weighted by atomic mass is 79.9. The van der Waals surface area contributed by atoms with Crippen LogP contribution in [0.3, 0.4) is 0 Å². The van der Waals surface area contributed by atoms with Gasteiger partial charge in [-0.15, -0.1) is 0 Å². The molecule has 6 aromatic rings. The average Bonchev–Trinajstić information content (AvgIpc) is 3.56. The first-order chi connectivity index (χ1) is 26.3. The molecular formula is C41H37BrN8O4. The number of phenols is 1. The van der Waals surface area contributed by atoms with Crippen LogP contribution in [0.5, 0.6) is 5.75 Å². The largest absolute Gasteiger partial charge is 0.508 e. The van der Waals surface area contributed by atoms with Gasteiger partial charge < -0.3 is 20.2 Å². The van der Waals surface area contributed by atoms with Gasteiger partial charge >= 0.3 is 6.03 Å². The highest BCUT2D eigenvalue weighted by Crippen LogP contribution is 2.32. The van der Waals surface area contributed by atoms with Crippen LogP contribution in [0, 0.1) is 0 Å². The molecule has 0 unspecified atom stereocenters. The number of piperazine rings is 1. The Balaban J connectivity index is 1.18. The summed E-state index contributed by atoms with van der Waals surface area (Å²) in [5, 5.41) is 22.0. The van der Waals surface area contributed by atoms with Crippen LogP contribution in [-0.4, -0.2) is 82.8 Å². The fourth-order valence-corrected chi connectivity index (χ4v) is 7.84. The number of urea groups is 1. The van der Waals surface area contributed by atoms with Gasteiger partial charge in [0.05, 0.1) is 30.5 Å². The van der Waals surface area contributed by atoms with Gasteiger partial charge in [-0.05, 0) is 69.0 Å². The summed E-state index contributed by atoms with van der Waals surface area (Å²) in [7, 11) is 0. The Bertz CT molecular complexity index is 2300. The molecule has 0 saturated carbocycles. The van der Waals surface area contributed by atoms with Crippen LogP contribution < -0.4 is 5.32 Å². The lowest BCUT2D eigenvalue weighted by Crippen LogP contribution is -2.76. The third-order valence-corrected chi connectivity index (χ3v) is 10.8. The molecule has 8 rings (SSSR count). The Morgan fingerprint density at radius 2 is 1.59 bits per heavy atom. The fourth-order valence-electron chi connectivity index (χ4n) is 7.31. The lowest BCUT2D eigenvalue weighted by molar-refractivity contribution is -0.192. The number of benzene rings is 4. The number of carbonyl (C=O) groups is 3. The maximum absolute atomic E-state index is 14.6. The quantitative estimate of drug-likeness (QED) is 0.194. The van der Waals surface area contributed by atoms with Crippen molar-refractivity contribution in [1.82, 2.24) is 39.9 Å². The Kier molecular flexibility index (Phi) is 9.81. The summed E-state index contributed by atoms with van der Waals surface area (Å²) in [6, 6.07) is 34.3. The van der Waals surface area contributed by atoms with Gasteiger partial charge in [-0.2, -0.15) is 5.10 Å². The van der Waals surface area contributed by atoms with Crippen molar-refractivity contribution in [2.24, 2.45) is 0 Å². The average molecular weight is 786 g/mol. The van der Waals surface area contributed by atoms with Crippen LogP contribution >= 0.6 is 15.9 Å². The van der Waals surface area contributed by atoms with E-state index >= 15 is 0 Å². The second kappa shape index (κ2) is 15.1. The number of hydrogen-bond donors (Lipinski definition) is 2. The van der Waals surface area contributed by atoms with Crippen LogP contribution in [-0.2, 0) is 35.6 Å². The number of carbonyl (C=O) groups excluding carboxylic acids is 3. The summed E-state index contributed by atoms with van der Waals surface area (Å²) in [5.74, 6) is -0.395. The highest BCUT2D eigenvalue weighted by Gasteiger charge is 2.51. The summed E-state index contributed by atoms with van der Waals surface area (Å²) in [6.45, 7) is 0.637. The first-order valence-electron chi connectivity index (χ1n) is 17.7. The smallest absolute Gasteiger partial charge is 0.334 e. The van der Waals surface area contributed by atoms with Gasteiger partial charge in [0.25, 0.3) is 0 Å². The molecule has 54 heavy (non-hydrogen) atoms. The minimum atomic E-state index is -0.909. The molecule has 272 valence electrons. The predicted octanol–water partition coefficient (Wildman–Crippen LogP) is 5.64. The number of fused-ring (bicyclic) bond motifs is 2. The molecule has 4 amide bonds. The molecule has 0 aliphatic carbocycles. The lowest BCUT2D eigenvalue weighted by Gasteiger charge is -2.55. The van der Waals surface area contributed by atoms with Crippen molar-refractivity contribution in [3.05, 3.63) is 155 Å². The first kappa shape index (κ1) is 35.0. The van der Waals surface area contributed by atoms with E-state index in [9.17, 15) is 19.5 Å². The minimum Gasteiger partial charge on any atom is -0.508 e. The summed E-state index contributed by atoms with van der Waals surface area (Å²) in [4.78, 5) is 51.4. The monoisotopic (exact) mass is 784 g/mol. The van der Waals surface area contributed by atoms with E-state index in [2.05, 4.69) is 31.3 Å². The van der Waals surface area contributed by atoms with Crippen molar-refractivity contribution in [3.8, 4) is 11.4 Å². The van der Waals surface area contributed by atoms with Gasteiger partial charge in [-0.1, -0.05) is 78.9 Å². The number of halogens is 1. The van der Waals surface area contributed by atoms with Crippen molar-refractivity contribution in [2.75, 3.05) is 13.1 Å². The number of aromatic nitrogens is 3. The molecular weight excluding hydrogens is 748 g/mol. The summed E-state index contributed by atoms with van der Waals surface area (Å²) >= 11 is 3.73. The fraction of sp³-hybridized carbons (Fsp3) is 0.195. The summed E-state index contributed by atoms with van der Waals surface area (Å²) in [5.41, 5.74) is 5.04. The molecule has 2 fully saturated rings. The van der Waals surface area contributed by atoms with E-state index in [1.54, 1.807) is 61.2 Å². The molecule has 0 spiro atoms. The van der Waals surface area contributed by atoms with Gasteiger partial charge in [0, 0.05) is 43.2 Å². The van der Waals surface area contributed by atoms with E-state index in [0.29, 0.717) is 4.60 Å². The lowest BCUT2D eigenvalue weighted by atomic mass is 9.97. The number of amides is 4. The Morgan fingerprint density at radius 1 is 0.833 bits per heavy atom. The van der Waals surface area contributed by atoms with Gasteiger partial charge in [0.1, 0.15) is 22.6 Å². The van der Waals surface area contributed by atoms with Crippen molar-refractivity contribution in [1.29, 1.82) is 0 Å². The number of hydrogen-bond acceptors (Lipinski definition) is 7.